The zero-order valence-electron chi connectivity index (χ0n) is 12.9. The molecule has 8 heteroatoms. The predicted octanol–water partition coefficient (Wildman–Crippen LogP) is 2.99. The van der Waals surface area contributed by atoms with Gasteiger partial charge in [0.25, 0.3) is 0 Å². The molecule has 2 fully saturated rings. The van der Waals surface area contributed by atoms with Gasteiger partial charge in [0, 0.05) is 6.42 Å². The molecule has 2 saturated heterocycles. The molecule has 1 aromatic carbocycles. The first-order valence-electron chi connectivity index (χ1n) is 7.88. The maximum absolute atomic E-state index is 12.5. The van der Waals surface area contributed by atoms with Gasteiger partial charge in [-0.3, -0.25) is 0 Å². The number of ether oxygens (including phenoxy) is 1. The van der Waals surface area contributed by atoms with Crippen LogP contribution in [0.1, 0.15) is 37.7 Å². The Hall–Kier alpha value is -1.28. The van der Waals surface area contributed by atoms with Crippen molar-refractivity contribution in [3.63, 3.8) is 0 Å². The third-order valence-corrected chi connectivity index (χ3v) is 7.58. The largest absolute Gasteiger partial charge is 0.573 e. The van der Waals surface area contributed by atoms with E-state index >= 15 is 0 Å². The molecule has 2 unspecified atom stereocenters. The van der Waals surface area contributed by atoms with Crippen LogP contribution in [0.3, 0.4) is 0 Å². The monoisotopic (exact) mass is 364 g/mol. The number of hydrogen-bond acceptors (Lipinski definition) is 4. The summed E-state index contributed by atoms with van der Waals surface area (Å²) in [4.78, 5) is 0. The van der Waals surface area contributed by atoms with Gasteiger partial charge in [0.1, 0.15) is 5.75 Å². The highest BCUT2D eigenvalue weighted by atomic mass is 32.2. The lowest BCUT2D eigenvalue weighted by Gasteiger charge is -2.44. The number of rotatable bonds is 3. The Bertz CT molecular complexity index is 694. The lowest BCUT2D eigenvalue weighted by Crippen LogP contribution is -2.52. The van der Waals surface area contributed by atoms with Gasteiger partial charge in [-0.15, -0.1) is 13.2 Å². The van der Waals surface area contributed by atoms with Crippen LogP contribution in [0.15, 0.2) is 24.3 Å². The molecule has 2 aliphatic rings. The minimum Gasteiger partial charge on any atom is -0.406 e. The van der Waals surface area contributed by atoms with Crippen LogP contribution < -0.4 is 4.74 Å². The molecule has 2 bridgehead atoms. The minimum atomic E-state index is -4.81. The first-order valence-corrected chi connectivity index (χ1v) is 9.49. The molecule has 1 N–H and O–H groups in total. The van der Waals surface area contributed by atoms with Crippen molar-refractivity contribution in [3.05, 3.63) is 29.8 Å². The summed E-state index contributed by atoms with van der Waals surface area (Å²) in [5.74, 6) is -0.350. The Labute approximate surface area is 138 Å². The second-order valence-electron chi connectivity index (χ2n) is 6.73. The molecule has 1 aromatic rings. The first-order chi connectivity index (χ1) is 11.1. The number of aliphatic hydroxyl groups is 1. The van der Waals surface area contributed by atoms with Crippen LogP contribution in [0.5, 0.6) is 5.75 Å². The summed E-state index contributed by atoms with van der Waals surface area (Å²) < 4.78 is 66.2. The smallest absolute Gasteiger partial charge is 0.406 e. The Kier molecular flexibility index (Phi) is 4.32. The predicted molar refractivity (Wildman–Crippen MR) is 81.4 cm³/mol. The standard InChI is InChI=1S/C16H19F3O4S/c17-16(18,19)23-14-7-2-1-4-11(14)8-15(20)9-12-5-3-6-13(10-15)24(12,21)22/h1-2,4,7,12-13,20H,3,5-6,8-10H2. The summed E-state index contributed by atoms with van der Waals surface area (Å²) in [7, 11) is -3.24. The molecule has 24 heavy (non-hydrogen) atoms. The normalized spacial score (nSPS) is 32.3. The van der Waals surface area contributed by atoms with E-state index < -0.39 is 32.3 Å². The number of sulfone groups is 1. The molecule has 4 nitrogen and oxygen atoms in total. The van der Waals surface area contributed by atoms with Gasteiger partial charge in [-0.1, -0.05) is 24.6 Å². The van der Waals surface area contributed by atoms with Crippen LogP contribution >= 0.6 is 0 Å². The second-order valence-corrected chi connectivity index (χ2v) is 9.24. The van der Waals surface area contributed by atoms with Gasteiger partial charge in [-0.2, -0.15) is 0 Å². The average Bonchev–Trinajstić information content (AvgIpc) is 2.42. The summed E-state index contributed by atoms with van der Waals surface area (Å²) in [5.41, 5.74) is -1.10. The molecule has 134 valence electrons. The van der Waals surface area contributed by atoms with E-state index in [1.165, 1.54) is 18.2 Å². The van der Waals surface area contributed by atoms with Gasteiger partial charge in [0.05, 0.1) is 16.1 Å². The van der Waals surface area contributed by atoms with Crippen LogP contribution in [-0.2, 0) is 16.3 Å². The van der Waals surface area contributed by atoms with Crippen molar-refractivity contribution >= 4 is 9.84 Å². The fraction of sp³-hybridized carbons (Fsp3) is 0.625. The Balaban J connectivity index is 1.84. The van der Waals surface area contributed by atoms with Gasteiger partial charge in [0.2, 0.25) is 0 Å². The van der Waals surface area contributed by atoms with Gasteiger partial charge in [-0.05, 0) is 37.3 Å². The zero-order chi connectivity index (χ0) is 17.6. The first kappa shape index (κ1) is 17.5. The summed E-state index contributed by atoms with van der Waals surface area (Å²) >= 11 is 0. The van der Waals surface area contributed by atoms with Crippen molar-refractivity contribution in [1.29, 1.82) is 0 Å². The van der Waals surface area contributed by atoms with E-state index in [0.717, 1.165) is 6.42 Å². The van der Waals surface area contributed by atoms with Crippen LogP contribution in [0, 0.1) is 0 Å². The van der Waals surface area contributed by atoms with Crippen molar-refractivity contribution < 1.29 is 31.4 Å². The Morgan fingerprint density at radius 3 is 2.33 bits per heavy atom. The van der Waals surface area contributed by atoms with Crippen LogP contribution in [0.25, 0.3) is 0 Å². The third kappa shape index (κ3) is 3.54. The van der Waals surface area contributed by atoms with Crippen molar-refractivity contribution in [1.82, 2.24) is 0 Å². The summed E-state index contributed by atoms with van der Waals surface area (Å²) in [6.07, 6.45) is -2.94. The van der Waals surface area contributed by atoms with E-state index in [1.807, 2.05) is 0 Å². The fourth-order valence-electron chi connectivity index (χ4n) is 3.91. The number of para-hydroxylation sites is 1. The average molecular weight is 364 g/mol. The molecule has 0 aliphatic carbocycles. The van der Waals surface area contributed by atoms with Crippen molar-refractivity contribution in [2.24, 2.45) is 0 Å². The van der Waals surface area contributed by atoms with Gasteiger partial charge >= 0.3 is 6.36 Å². The van der Waals surface area contributed by atoms with Gasteiger partial charge < -0.3 is 9.84 Å². The summed E-state index contributed by atoms with van der Waals surface area (Å²) in [6.45, 7) is 0. The van der Waals surface area contributed by atoms with Crippen LogP contribution in [-0.4, -0.2) is 36.0 Å². The minimum absolute atomic E-state index is 0.0538. The zero-order valence-corrected chi connectivity index (χ0v) is 13.7. The van der Waals surface area contributed by atoms with Gasteiger partial charge in [0.15, 0.2) is 9.84 Å². The van der Waals surface area contributed by atoms with Crippen molar-refractivity contribution in [2.45, 2.75) is 61.0 Å². The fourth-order valence-corrected chi connectivity index (χ4v) is 6.53. The quantitative estimate of drug-likeness (QED) is 0.896. The molecule has 3 rings (SSSR count). The summed E-state index contributed by atoms with van der Waals surface area (Å²) in [5, 5.41) is 9.67. The molecule has 0 radical (unpaired) electrons. The third-order valence-electron chi connectivity index (χ3n) is 4.91. The number of halogens is 3. The van der Waals surface area contributed by atoms with Crippen LogP contribution in [0.2, 0.25) is 0 Å². The Morgan fingerprint density at radius 1 is 1.17 bits per heavy atom. The molecule has 0 spiro atoms. The molecule has 0 saturated carbocycles. The number of hydrogen-bond donors (Lipinski definition) is 1. The molecule has 0 amide bonds. The molecule has 2 atom stereocenters. The van der Waals surface area contributed by atoms with E-state index in [2.05, 4.69) is 4.74 Å². The van der Waals surface area contributed by atoms with E-state index in [-0.39, 0.29) is 30.6 Å². The van der Waals surface area contributed by atoms with Crippen molar-refractivity contribution in [3.8, 4) is 5.75 Å². The highest BCUT2D eigenvalue weighted by Crippen LogP contribution is 2.43. The molecule has 2 aliphatic heterocycles. The maximum atomic E-state index is 12.5. The number of benzene rings is 1. The Morgan fingerprint density at radius 2 is 1.75 bits per heavy atom. The van der Waals surface area contributed by atoms with Crippen LogP contribution in [0.4, 0.5) is 13.2 Å². The SMILES string of the molecule is O=S1(=O)C2CCCC1CC(O)(Cc1ccccc1OC(F)(F)F)C2. The topological polar surface area (TPSA) is 63.6 Å². The molecular weight excluding hydrogens is 345 g/mol. The molecule has 0 aromatic heterocycles. The highest BCUT2D eigenvalue weighted by Gasteiger charge is 2.50. The molecular formula is C16H19F3O4S. The van der Waals surface area contributed by atoms with E-state index in [0.29, 0.717) is 12.8 Å². The van der Waals surface area contributed by atoms with Gasteiger partial charge in [-0.25, -0.2) is 8.42 Å². The van der Waals surface area contributed by atoms with E-state index in [9.17, 15) is 26.7 Å². The van der Waals surface area contributed by atoms with Crippen molar-refractivity contribution in [2.75, 3.05) is 0 Å². The summed E-state index contributed by atoms with van der Waals surface area (Å²) in [6, 6.07) is 5.67. The number of alkyl halides is 3. The van der Waals surface area contributed by atoms with E-state index in [4.69, 9.17) is 0 Å². The molecule has 2 heterocycles. The second kappa shape index (κ2) is 5.91. The maximum Gasteiger partial charge on any atom is 0.573 e. The van der Waals surface area contributed by atoms with E-state index in [1.54, 1.807) is 6.07 Å². The highest BCUT2D eigenvalue weighted by molar-refractivity contribution is 7.92. The number of fused-ring (bicyclic) bond motifs is 2. The lowest BCUT2D eigenvalue weighted by atomic mass is 9.81. The lowest BCUT2D eigenvalue weighted by molar-refractivity contribution is -0.275.